The molecule has 0 saturated carbocycles. The van der Waals surface area contributed by atoms with Crippen molar-refractivity contribution >= 4 is 29.0 Å². The Morgan fingerprint density at radius 1 is 1.38 bits per heavy atom. The number of carbonyl (C=O) groups is 2. The van der Waals surface area contributed by atoms with Crippen LogP contribution in [0.4, 0.5) is 14.9 Å². The molecule has 0 atom stereocenters. The van der Waals surface area contributed by atoms with Crippen molar-refractivity contribution in [1.29, 1.82) is 0 Å². The van der Waals surface area contributed by atoms with Crippen molar-refractivity contribution in [3.05, 3.63) is 52.0 Å². The number of anilines is 1. The number of amides is 2. The third kappa shape index (κ3) is 3.79. The summed E-state index contributed by atoms with van der Waals surface area (Å²) >= 11 is 1.52. The van der Waals surface area contributed by atoms with E-state index in [2.05, 4.69) is 5.32 Å². The summed E-state index contributed by atoms with van der Waals surface area (Å²) in [6.07, 6.45) is 0. The zero-order valence-corrected chi connectivity index (χ0v) is 12.0. The van der Waals surface area contributed by atoms with Crippen molar-refractivity contribution < 1.29 is 19.1 Å². The Kier molecular flexibility index (Phi) is 4.54. The minimum Gasteiger partial charge on any atom is -0.478 e. The summed E-state index contributed by atoms with van der Waals surface area (Å²) < 4.78 is 13.1. The molecule has 21 heavy (non-hydrogen) atoms. The van der Waals surface area contributed by atoms with Crippen LogP contribution in [0.3, 0.4) is 0 Å². The van der Waals surface area contributed by atoms with E-state index in [-0.39, 0.29) is 11.3 Å². The number of thiophene rings is 1. The molecule has 2 amide bonds. The van der Waals surface area contributed by atoms with Crippen molar-refractivity contribution in [2.45, 2.75) is 6.54 Å². The maximum absolute atomic E-state index is 13.1. The largest absolute Gasteiger partial charge is 0.478 e. The van der Waals surface area contributed by atoms with Crippen LogP contribution in [0.15, 0.2) is 35.7 Å². The first kappa shape index (κ1) is 15.0. The third-order valence-electron chi connectivity index (χ3n) is 2.77. The Hall–Kier alpha value is -2.41. The van der Waals surface area contributed by atoms with Gasteiger partial charge in [0.15, 0.2) is 0 Å². The van der Waals surface area contributed by atoms with E-state index in [1.807, 2.05) is 17.5 Å². The first-order valence-electron chi connectivity index (χ1n) is 6.04. The second-order valence-corrected chi connectivity index (χ2v) is 5.39. The SMILES string of the molecule is CN(Cc1cccs1)C(=O)Nc1ccc(F)cc1C(=O)O. The highest BCUT2D eigenvalue weighted by atomic mass is 32.1. The summed E-state index contributed by atoms with van der Waals surface area (Å²) in [6.45, 7) is 0.410. The Balaban J connectivity index is 2.10. The number of aromatic carboxylic acids is 1. The topological polar surface area (TPSA) is 69.6 Å². The molecule has 2 aromatic rings. The van der Waals surface area contributed by atoms with Crippen molar-refractivity contribution in [2.75, 3.05) is 12.4 Å². The van der Waals surface area contributed by atoms with Gasteiger partial charge in [-0.25, -0.2) is 14.0 Å². The number of benzene rings is 1. The fourth-order valence-electron chi connectivity index (χ4n) is 1.72. The molecule has 1 heterocycles. The van der Waals surface area contributed by atoms with Crippen molar-refractivity contribution in [1.82, 2.24) is 4.90 Å². The second kappa shape index (κ2) is 6.36. The van der Waals surface area contributed by atoms with Crippen molar-refractivity contribution in [3.63, 3.8) is 0 Å². The monoisotopic (exact) mass is 308 g/mol. The predicted octanol–water partition coefficient (Wildman–Crippen LogP) is 3.25. The molecule has 1 aromatic carbocycles. The number of hydrogen-bond acceptors (Lipinski definition) is 3. The molecule has 0 spiro atoms. The number of nitrogens with zero attached hydrogens (tertiary/aromatic N) is 1. The highest BCUT2D eigenvalue weighted by Crippen LogP contribution is 2.18. The minimum atomic E-state index is -1.30. The van der Waals surface area contributed by atoms with E-state index in [4.69, 9.17) is 5.11 Å². The Bertz CT molecular complexity index is 658. The van der Waals surface area contributed by atoms with Crippen LogP contribution in [0.1, 0.15) is 15.2 Å². The lowest BCUT2D eigenvalue weighted by Gasteiger charge is -2.18. The van der Waals surface area contributed by atoms with Gasteiger partial charge in [0, 0.05) is 11.9 Å². The molecule has 0 fully saturated rings. The van der Waals surface area contributed by atoms with Gasteiger partial charge in [-0.3, -0.25) is 0 Å². The van der Waals surface area contributed by atoms with Crippen LogP contribution in [0, 0.1) is 5.82 Å². The first-order chi connectivity index (χ1) is 9.97. The summed E-state index contributed by atoms with van der Waals surface area (Å²) in [6, 6.07) is 6.52. The predicted molar refractivity (Wildman–Crippen MR) is 78.2 cm³/mol. The summed E-state index contributed by atoms with van der Waals surface area (Å²) in [4.78, 5) is 25.5. The van der Waals surface area contributed by atoms with Gasteiger partial charge in [-0.2, -0.15) is 0 Å². The lowest BCUT2D eigenvalue weighted by molar-refractivity contribution is 0.0697. The summed E-state index contributed by atoms with van der Waals surface area (Å²) in [5.74, 6) is -1.97. The Labute approximate surface area is 124 Å². The minimum absolute atomic E-state index is 0.0620. The molecule has 0 unspecified atom stereocenters. The van der Waals surface area contributed by atoms with Gasteiger partial charge in [0.05, 0.1) is 17.8 Å². The van der Waals surface area contributed by atoms with E-state index in [1.165, 1.54) is 22.3 Å². The highest BCUT2D eigenvalue weighted by molar-refractivity contribution is 7.09. The standard InChI is InChI=1S/C14H13FN2O3S/c1-17(8-10-3-2-6-21-10)14(20)16-12-5-4-9(15)7-11(12)13(18)19/h2-7H,8H2,1H3,(H,16,20)(H,18,19). The fourth-order valence-corrected chi connectivity index (χ4v) is 2.48. The smallest absolute Gasteiger partial charge is 0.337 e. The van der Waals surface area contributed by atoms with E-state index >= 15 is 0 Å². The van der Waals surface area contributed by atoms with Gasteiger partial charge in [-0.05, 0) is 29.6 Å². The molecular weight excluding hydrogens is 295 g/mol. The molecule has 1 aromatic heterocycles. The number of hydrogen-bond donors (Lipinski definition) is 2. The third-order valence-corrected chi connectivity index (χ3v) is 3.63. The Morgan fingerprint density at radius 3 is 2.76 bits per heavy atom. The van der Waals surface area contributed by atoms with Gasteiger partial charge in [0.2, 0.25) is 0 Å². The molecule has 110 valence electrons. The molecule has 0 aliphatic heterocycles. The van der Waals surface area contributed by atoms with Crippen LogP contribution in [0.5, 0.6) is 0 Å². The molecule has 5 nitrogen and oxygen atoms in total. The number of urea groups is 1. The molecular formula is C14H13FN2O3S. The summed E-state index contributed by atoms with van der Waals surface area (Å²) in [5.41, 5.74) is -0.222. The molecule has 2 rings (SSSR count). The molecule has 0 saturated heterocycles. The second-order valence-electron chi connectivity index (χ2n) is 4.36. The van der Waals surface area contributed by atoms with Crippen molar-refractivity contribution in [2.24, 2.45) is 0 Å². The first-order valence-corrected chi connectivity index (χ1v) is 6.92. The molecule has 0 radical (unpaired) electrons. The average molecular weight is 308 g/mol. The van der Waals surface area contributed by atoms with Gasteiger partial charge in [-0.15, -0.1) is 11.3 Å². The Morgan fingerprint density at radius 2 is 2.14 bits per heavy atom. The number of rotatable bonds is 4. The van der Waals surface area contributed by atoms with Crippen LogP contribution < -0.4 is 5.32 Å². The van der Waals surface area contributed by atoms with Gasteiger partial charge >= 0.3 is 12.0 Å². The van der Waals surface area contributed by atoms with E-state index in [1.54, 1.807) is 7.05 Å². The lowest BCUT2D eigenvalue weighted by atomic mass is 10.1. The van der Waals surface area contributed by atoms with E-state index in [0.717, 1.165) is 17.0 Å². The number of carboxylic acid groups (broad SMARTS) is 1. The number of nitrogens with one attached hydrogen (secondary N) is 1. The summed E-state index contributed by atoms with van der Waals surface area (Å²) in [5, 5.41) is 13.4. The average Bonchev–Trinajstić information content (AvgIpc) is 2.93. The van der Waals surface area contributed by atoms with Gasteiger partial charge in [0.25, 0.3) is 0 Å². The molecule has 2 N–H and O–H groups in total. The normalized spacial score (nSPS) is 10.2. The van der Waals surface area contributed by atoms with Crippen LogP contribution in [-0.4, -0.2) is 29.1 Å². The number of carboxylic acids is 1. The quantitative estimate of drug-likeness (QED) is 0.911. The number of halogens is 1. The fraction of sp³-hybridized carbons (Fsp3) is 0.143. The van der Waals surface area contributed by atoms with Gasteiger partial charge in [0.1, 0.15) is 5.82 Å². The van der Waals surface area contributed by atoms with Crippen LogP contribution in [-0.2, 0) is 6.54 Å². The van der Waals surface area contributed by atoms with Gasteiger partial charge in [-0.1, -0.05) is 6.07 Å². The van der Waals surface area contributed by atoms with Crippen LogP contribution in [0.2, 0.25) is 0 Å². The molecule has 0 aliphatic carbocycles. The highest BCUT2D eigenvalue weighted by Gasteiger charge is 2.16. The van der Waals surface area contributed by atoms with E-state index < -0.39 is 17.8 Å². The lowest BCUT2D eigenvalue weighted by Crippen LogP contribution is -2.31. The molecule has 0 aliphatic rings. The maximum Gasteiger partial charge on any atom is 0.337 e. The molecule has 7 heteroatoms. The van der Waals surface area contributed by atoms with Crippen molar-refractivity contribution in [3.8, 4) is 0 Å². The van der Waals surface area contributed by atoms with Gasteiger partial charge < -0.3 is 15.3 Å². The van der Waals surface area contributed by atoms with E-state index in [9.17, 15) is 14.0 Å². The number of carbonyl (C=O) groups excluding carboxylic acids is 1. The molecule has 0 bridgehead atoms. The van der Waals surface area contributed by atoms with Crippen LogP contribution >= 0.6 is 11.3 Å². The van der Waals surface area contributed by atoms with Crippen LogP contribution in [0.25, 0.3) is 0 Å². The zero-order chi connectivity index (χ0) is 15.4. The maximum atomic E-state index is 13.1. The summed E-state index contributed by atoms with van der Waals surface area (Å²) in [7, 11) is 1.60. The zero-order valence-electron chi connectivity index (χ0n) is 11.2. The van der Waals surface area contributed by atoms with E-state index in [0.29, 0.717) is 6.54 Å².